The number of nitro benzene ring substituents is 1. The molecule has 0 aromatic heterocycles. The molecule has 0 heterocycles. The SMILES string of the molecule is O=C(COc1ccccc1[N+](=O)[O-])NC(=O)Nc1ccccc1. The molecule has 0 spiro atoms. The normalized spacial score (nSPS) is 9.74. The first-order valence-corrected chi connectivity index (χ1v) is 6.58. The standard InChI is InChI=1S/C15H13N3O5/c19-14(17-15(20)16-11-6-2-1-3-7-11)10-23-13-9-5-4-8-12(13)18(21)22/h1-9H,10H2,(H2,16,17,19,20). The van der Waals surface area contributed by atoms with Gasteiger partial charge in [-0.3, -0.25) is 20.2 Å². The van der Waals surface area contributed by atoms with E-state index in [1.807, 2.05) is 0 Å². The van der Waals surface area contributed by atoms with E-state index >= 15 is 0 Å². The second-order valence-corrected chi connectivity index (χ2v) is 4.38. The van der Waals surface area contributed by atoms with Crippen LogP contribution in [0, 0.1) is 10.1 Å². The summed E-state index contributed by atoms with van der Waals surface area (Å²) in [6, 6.07) is 13.5. The number of nitrogens with one attached hydrogen (secondary N) is 2. The van der Waals surface area contributed by atoms with Gasteiger partial charge in [0.2, 0.25) is 0 Å². The molecule has 0 atom stereocenters. The summed E-state index contributed by atoms with van der Waals surface area (Å²) in [4.78, 5) is 33.4. The van der Waals surface area contributed by atoms with Gasteiger partial charge >= 0.3 is 11.7 Å². The zero-order chi connectivity index (χ0) is 16.7. The van der Waals surface area contributed by atoms with Crippen LogP contribution in [0.15, 0.2) is 54.6 Å². The molecule has 0 unspecified atom stereocenters. The predicted molar refractivity (Wildman–Crippen MR) is 82.2 cm³/mol. The van der Waals surface area contributed by atoms with Gasteiger partial charge < -0.3 is 10.1 Å². The number of rotatable bonds is 5. The van der Waals surface area contributed by atoms with E-state index in [2.05, 4.69) is 10.6 Å². The number of carbonyl (C=O) groups is 2. The van der Waals surface area contributed by atoms with E-state index in [-0.39, 0.29) is 11.4 Å². The zero-order valence-corrected chi connectivity index (χ0v) is 11.9. The van der Waals surface area contributed by atoms with Crippen molar-refractivity contribution in [1.29, 1.82) is 0 Å². The van der Waals surface area contributed by atoms with Gasteiger partial charge in [-0.15, -0.1) is 0 Å². The highest BCUT2D eigenvalue weighted by atomic mass is 16.6. The van der Waals surface area contributed by atoms with Crippen LogP contribution >= 0.6 is 0 Å². The molecule has 0 saturated heterocycles. The monoisotopic (exact) mass is 315 g/mol. The van der Waals surface area contributed by atoms with Crippen LogP contribution in [-0.2, 0) is 4.79 Å². The van der Waals surface area contributed by atoms with Gasteiger partial charge in [0, 0.05) is 11.8 Å². The lowest BCUT2D eigenvalue weighted by Gasteiger charge is -2.08. The number of nitrogens with zero attached hydrogens (tertiary/aromatic N) is 1. The first-order valence-electron chi connectivity index (χ1n) is 6.58. The number of imide groups is 1. The highest BCUT2D eigenvalue weighted by Gasteiger charge is 2.15. The lowest BCUT2D eigenvalue weighted by Crippen LogP contribution is -2.37. The molecule has 118 valence electrons. The van der Waals surface area contributed by atoms with Crippen LogP contribution < -0.4 is 15.4 Å². The topological polar surface area (TPSA) is 111 Å². The first kappa shape index (κ1) is 16.0. The third-order valence-corrected chi connectivity index (χ3v) is 2.71. The van der Waals surface area contributed by atoms with Crippen molar-refractivity contribution < 1.29 is 19.2 Å². The van der Waals surface area contributed by atoms with Crippen LogP contribution in [0.5, 0.6) is 5.75 Å². The molecule has 0 fully saturated rings. The third kappa shape index (κ3) is 4.81. The Morgan fingerprint density at radius 2 is 1.70 bits per heavy atom. The van der Waals surface area contributed by atoms with Gasteiger partial charge in [0.15, 0.2) is 12.4 Å². The Bertz CT molecular complexity index is 718. The molecule has 0 aliphatic carbocycles. The van der Waals surface area contributed by atoms with E-state index in [1.54, 1.807) is 36.4 Å². The largest absolute Gasteiger partial charge is 0.477 e. The average Bonchev–Trinajstić information content (AvgIpc) is 2.54. The molecule has 8 heteroatoms. The molecule has 2 aromatic carbocycles. The van der Waals surface area contributed by atoms with Crippen LogP contribution in [0.25, 0.3) is 0 Å². The Hall–Kier alpha value is -3.42. The van der Waals surface area contributed by atoms with E-state index in [0.717, 1.165) is 0 Å². The van der Waals surface area contributed by atoms with Gasteiger partial charge in [-0.1, -0.05) is 30.3 Å². The number of benzene rings is 2. The number of nitro groups is 1. The van der Waals surface area contributed by atoms with Crippen LogP contribution in [0.2, 0.25) is 0 Å². The zero-order valence-electron chi connectivity index (χ0n) is 11.9. The summed E-state index contributed by atoms with van der Waals surface area (Å²) in [7, 11) is 0. The average molecular weight is 315 g/mol. The summed E-state index contributed by atoms with van der Waals surface area (Å²) in [5.41, 5.74) is 0.270. The highest BCUT2D eigenvalue weighted by molar-refractivity contribution is 6.01. The Kier molecular flexibility index (Phi) is 5.24. The predicted octanol–water partition coefficient (Wildman–Crippen LogP) is 2.32. The van der Waals surface area contributed by atoms with Crippen LogP contribution in [-0.4, -0.2) is 23.5 Å². The smallest absolute Gasteiger partial charge is 0.325 e. The summed E-state index contributed by atoms with van der Waals surface area (Å²) in [5.74, 6) is -0.771. The van der Waals surface area contributed by atoms with Gasteiger partial charge in [0.05, 0.1) is 4.92 Å². The molecule has 0 saturated carbocycles. The number of amides is 3. The van der Waals surface area contributed by atoms with Crippen LogP contribution in [0.3, 0.4) is 0 Å². The van der Waals surface area contributed by atoms with Crippen LogP contribution in [0.1, 0.15) is 0 Å². The van der Waals surface area contributed by atoms with Crippen molar-refractivity contribution in [3.8, 4) is 5.75 Å². The minimum Gasteiger partial charge on any atom is -0.477 e. The fourth-order valence-electron chi connectivity index (χ4n) is 1.72. The Balaban J connectivity index is 1.86. The molecule has 2 aromatic rings. The lowest BCUT2D eigenvalue weighted by atomic mass is 10.3. The molecule has 0 aliphatic rings. The minimum absolute atomic E-state index is 0.0453. The van der Waals surface area contributed by atoms with Gasteiger partial charge in [-0.2, -0.15) is 0 Å². The molecular weight excluding hydrogens is 302 g/mol. The highest BCUT2D eigenvalue weighted by Crippen LogP contribution is 2.25. The maximum atomic E-state index is 11.6. The number of carbonyl (C=O) groups excluding carboxylic acids is 2. The van der Waals surface area contributed by atoms with Gasteiger partial charge in [-0.25, -0.2) is 4.79 Å². The molecule has 3 amide bonds. The van der Waals surface area contributed by atoms with E-state index < -0.39 is 23.5 Å². The van der Waals surface area contributed by atoms with Crippen LogP contribution in [0.4, 0.5) is 16.2 Å². The summed E-state index contributed by atoms with van der Waals surface area (Å²) in [6.07, 6.45) is 0. The Morgan fingerprint density at radius 1 is 1.04 bits per heavy atom. The number of para-hydroxylation sites is 3. The van der Waals surface area contributed by atoms with Crippen molar-refractivity contribution in [3.63, 3.8) is 0 Å². The molecule has 2 N–H and O–H groups in total. The summed E-state index contributed by atoms with van der Waals surface area (Å²) < 4.78 is 5.08. The number of anilines is 1. The minimum atomic E-state index is -0.725. The molecule has 0 radical (unpaired) electrons. The lowest BCUT2D eigenvalue weighted by molar-refractivity contribution is -0.385. The molecule has 2 rings (SSSR count). The summed E-state index contributed by atoms with van der Waals surface area (Å²) >= 11 is 0. The van der Waals surface area contributed by atoms with E-state index in [1.165, 1.54) is 18.2 Å². The molecule has 0 bridgehead atoms. The quantitative estimate of drug-likeness (QED) is 0.650. The summed E-state index contributed by atoms with van der Waals surface area (Å²) in [5, 5.41) is 15.3. The second-order valence-electron chi connectivity index (χ2n) is 4.38. The molecule has 23 heavy (non-hydrogen) atoms. The third-order valence-electron chi connectivity index (χ3n) is 2.71. The van der Waals surface area contributed by atoms with Crippen molar-refractivity contribution in [1.82, 2.24) is 5.32 Å². The number of ether oxygens (including phenoxy) is 1. The first-order chi connectivity index (χ1) is 11.1. The number of urea groups is 1. The maximum absolute atomic E-state index is 11.6. The van der Waals surface area contributed by atoms with E-state index in [4.69, 9.17) is 4.74 Å². The Morgan fingerprint density at radius 3 is 2.39 bits per heavy atom. The molecular formula is C15H13N3O5. The van der Waals surface area contributed by atoms with Crippen molar-refractivity contribution >= 4 is 23.3 Å². The fourth-order valence-corrected chi connectivity index (χ4v) is 1.72. The van der Waals surface area contributed by atoms with Gasteiger partial charge in [0.25, 0.3) is 5.91 Å². The fraction of sp³-hybridized carbons (Fsp3) is 0.0667. The molecule has 8 nitrogen and oxygen atoms in total. The maximum Gasteiger partial charge on any atom is 0.325 e. The second kappa shape index (κ2) is 7.55. The number of hydrogen-bond acceptors (Lipinski definition) is 5. The van der Waals surface area contributed by atoms with Crippen molar-refractivity contribution in [2.75, 3.05) is 11.9 Å². The number of hydrogen-bond donors (Lipinski definition) is 2. The molecule has 0 aliphatic heterocycles. The summed E-state index contributed by atoms with van der Waals surface area (Å²) in [6.45, 7) is -0.521. The van der Waals surface area contributed by atoms with E-state index in [0.29, 0.717) is 5.69 Å². The van der Waals surface area contributed by atoms with Gasteiger partial charge in [-0.05, 0) is 18.2 Å². The van der Waals surface area contributed by atoms with Crippen molar-refractivity contribution in [2.45, 2.75) is 0 Å². The van der Waals surface area contributed by atoms with Crippen molar-refractivity contribution in [2.24, 2.45) is 0 Å². The van der Waals surface area contributed by atoms with Gasteiger partial charge in [0.1, 0.15) is 0 Å². The van der Waals surface area contributed by atoms with E-state index in [9.17, 15) is 19.7 Å². The van der Waals surface area contributed by atoms with Crippen molar-refractivity contribution in [3.05, 3.63) is 64.7 Å². The Labute approximate surface area is 131 Å².